The Morgan fingerprint density at radius 1 is 1.86 bits per heavy atom. The SMILES string of the molecule is B/C(I)=C(/C)CS. The third-order valence-electron chi connectivity index (χ3n) is 0.825. The lowest BCUT2D eigenvalue weighted by Crippen LogP contribution is -1.79. The summed E-state index contributed by atoms with van der Waals surface area (Å²) in [6.07, 6.45) is 0. The molecule has 0 bridgehead atoms. The first kappa shape index (κ1) is 7.88. The monoisotopic (exact) mass is 226 g/mol. The standard InChI is InChI=1S/C4H8BIS/c1-3(2-7)4(5)6/h7H,2,5H2,1H3/b4-3+. The smallest absolute Gasteiger partial charge is 0.147 e. The van der Waals surface area contributed by atoms with Crippen molar-refractivity contribution in [2.45, 2.75) is 6.92 Å². The lowest BCUT2D eigenvalue weighted by Gasteiger charge is -1.92. The van der Waals surface area contributed by atoms with Crippen LogP contribution < -0.4 is 0 Å². The van der Waals surface area contributed by atoms with Gasteiger partial charge < -0.3 is 0 Å². The summed E-state index contributed by atoms with van der Waals surface area (Å²) < 4.78 is 1.35. The Bertz CT molecular complexity index is 85.7. The Morgan fingerprint density at radius 3 is 2.29 bits per heavy atom. The summed E-state index contributed by atoms with van der Waals surface area (Å²) in [5.41, 5.74) is 1.36. The molecule has 0 saturated heterocycles. The van der Waals surface area contributed by atoms with Crippen molar-refractivity contribution in [1.29, 1.82) is 0 Å². The van der Waals surface area contributed by atoms with Crippen LogP contribution in [-0.2, 0) is 0 Å². The summed E-state index contributed by atoms with van der Waals surface area (Å²) in [5.74, 6) is 0.884. The van der Waals surface area contributed by atoms with Gasteiger partial charge in [-0.1, -0.05) is 31.6 Å². The maximum absolute atomic E-state index is 4.09. The molecule has 0 fully saturated rings. The second-order valence-electron chi connectivity index (χ2n) is 1.47. The van der Waals surface area contributed by atoms with Crippen molar-refractivity contribution in [1.82, 2.24) is 0 Å². The normalized spacial score (nSPS) is 13.6. The third-order valence-corrected chi connectivity index (χ3v) is 2.22. The van der Waals surface area contributed by atoms with Crippen LogP contribution >= 0.6 is 35.2 Å². The Hall–Kier alpha value is 0.885. The van der Waals surface area contributed by atoms with E-state index in [-0.39, 0.29) is 0 Å². The average molecular weight is 226 g/mol. The first-order valence-electron chi connectivity index (χ1n) is 2.11. The summed E-state index contributed by atoms with van der Waals surface area (Å²) in [6, 6.07) is 0. The Kier molecular flexibility index (Phi) is 4.32. The average Bonchev–Trinajstić information content (AvgIpc) is 1.65. The minimum atomic E-state index is 0.884. The summed E-state index contributed by atoms with van der Waals surface area (Å²) in [5, 5.41) is 0. The molecule has 7 heavy (non-hydrogen) atoms. The molecule has 0 unspecified atom stereocenters. The fourth-order valence-electron chi connectivity index (χ4n) is 0.109. The fourth-order valence-corrected chi connectivity index (χ4v) is 0.839. The summed E-state index contributed by atoms with van der Waals surface area (Å²) in [6.45, 7) is 2.09. The molecule has 0 rings (SSSR count). The molecule has 3 heteroatoms. The van der Waals surface area contributed by atoms with Crippen LogP contribution in [0, 0.1) is 0 Å². The minimum Gasteiger partial charge on any atom is -0.175 e. The van der Waals surface area contributed by atoms with Crippen molar-refractivity contribution in [3.8, 4) is 0 Å². The fraction of sp³-hybridized carbons (Fsp3) is 0.500. The van der Waals surface area contributed by atoms with E-state index in [1.807, 2.05) is 0 Å². The van der Waals surface area contributed by atoms with E-state index in [1.54, 1.807) is 0 Å². The highest BCUT2D eigenvalue weighted by Crippen LogP contribution is 2.07. The lowest BCUT2D eigenvalue weighted by atomic mass is 10.1. The van der Waals surface area contributed by atoms with Crippen LogP contribution in [0.15, 0.2) is 9.05 Å². The molecule has 0 N–H and O–H groups in total. The summed E-state index contributed by atoms with van der Waals surface area (Å²) >= 11 is 6.39. The van der Waals surface area contributed by atoms with E-state index in [2.05, 4.69) is 50.0 Å². The van der Waals surface area contributed by atoms with Crippen LogP contribution in [-0.4, -0.2) is 13.6 Å². The van der Waals surface area contributed by atoms with Crippen LogP contribution in [0.3, 0.4) is 0 Å². The van der Waals surface area contributed by atoms with E-state index >= 15 is 0 Å². The van der Waals surface area contributed by atoms with Gasteiger partial charge in [-0.15, -0.1) is 0 Å². The molecule has 40 valence electrons. The van der Waals surface area contributed by atoms with Gasteiger partial charge in [0.1, 0.15) is 7.85 Å². The van der Waals surface area contributed by atoms with Crippen molar-refractivity contribution in [2.24, 2.45) is 0 Å². The number of hydrogen-bond donors (Lipinski definition) is 1. The number of thiol groups is 1. The molecule has 0 amide bonds. The van der Waals surface area contributed by atoms with Crippen LogP contribution in [0.4, 0.5) is 0 Å². The zero-order chi connectivity index (χ0) is 5.86. The van der Waals surface area contributed by atoms with Crippen molar-refractivity contribution in [2.75, 3.05) is 5.75 Å². The van der Waals surface area contributed by atoms with Crippen molar-refractivity contribution >= 4 is 43.1 Å². The summed E-state index contributed by atoms with van der Waals surface area (Å²) in [4.78, 5) is 0. The van der Waals surface area contributed by atoms with Gasteiger partial charge in [0.2, 0.25) is 0 Å². The topological polar surface area (TPSA) is 0 Å². The van der Waals surface area contributed by atoms with Gasteiger partial charge in [0, 0.05) is 5.75 Å². The quantitative estimate of drug-likeness (QED) is 0.387. The predicted octanol–water partition coefficient (Wildman–Crippen LogP) is 1.22. The second kappa shape index (κ2) is 3.84. The molecular weight excluding hydrogens is 218 g/mol. The number of rotatable bonds is 1. The molecule has 0 spiro atoms. The van der Waals surface area contributed by atoms with E-state index < -0.39 is 0 Å². The highest BCUT2D eigenvalue weighted by atomic mass is 127. The van der Waals surface area contributed by atoms with Crippen LogP contribution in [0.5, 0.6) is 0 Å². The van der Waals surface area contributed by atoms with Crippen molar-refractivity contribution in [3.63, 3.8) is 0 Å². The molecule has 0 aromatic carbocycles. The Morgan fingerprint density at radius 2 is 2.29 bits per heavy atom. The van der Waals surface area contributed by atoms with E-state index in [4.69, 9.17) is 0 Å². The molecule has 0 aromatic heterocycles. The molecule has 0 heterocycles. The lowest BCUT2D eigenvalue weighted by molar-refractivity contribution is 1.43. The Labute approximate surface area is 64.7 Å². The zero-order valence-electron chi connectivity index (χ0n) is 4.53. The number of hydrogen-bond acceptors (Lipinski definition) is 1. The maximum Gasteiger partial charge on any atom is 0.147 e. The van der Waals surface area contributed by atoms with Crippen molar-refractivity contribution < 1.29 is 0 Å². The van der Waals surface area contributed by atoms with Gasteiger partial charge in [-0.3, -0.25) is 0 Å². The van der Waals surface area contributed by atoms with Gasteiger partial charge in [-0.05, 0) is 6.92 Å². The van der Waals surface area contributed by atoms with E-state index in [0.29, 0.717) is 0 Å². The largest absolute Gasteiger partial charge is 0.175 e. The predicted molar refractivity (Wildman–Crippen MR) is 49.1 cm³/mol. The first-order chi connectivity index (χ1) is 3.18. The molecule has 0 saturated carbocycles. The first-order valence-corrected chi connectivity index (χ1v) is 3.82. The molecule has 0 radical (unpaired) electrons. The zero-order valence-corrected chi connectivity index (χ0v) is 7.58. The van der Waals surface area contributed by atoms with Crippen LogP contribution in [0.25, 0.3) is 0 Å². The highest BCUT2D eigenvalue weighted by Gasteiger charge is 1.85. The molecule has 0 aliphatic carbocycles. The minimum absolute atomic E-state index is 0.884. The summed E-state index contributed by atoms with van der Waals surface area (Å²) in [7, 11) is 2.09. The Balaban J connectivity index is 3.72. The number of halogens is 1. The maximum atomic E-state index is 4.09. The highest BCUT2D eigenvalue weighted by molar-refractivity contribution is 14.1. The molecule has 0 nitrogen and oxygen atoms in total. The molecular formula is C4H8BIS. The van der Waals surface area contributed by atoms with E-state index in [1.165, 1.54) is 9.05 Å². The van der Waals surface area contributed by atoms with Gasteiger partial charge in [-0.2, -0.15) is 12.6 Å². The van der Waals surface area contributed by atoms with E-state index in [9.17, 15) is 0 Å². The molecule has 0 aromatic rings. The van der Waals surface area contributed by atoms with Crippen molar-refractivity contribution in [3.05, 3.63) is 9.05 Å². The molecule has 0 aliphatic rings. The second-order valence-corrected chi connectivity index (χ2v) is 3.41. The van der Waals surface area contributed by atoms with Crippen LogP contribution in [0.1, 0.15) is 6.92 Å². The van der Waals surface area contributed by atoms with Gasteiger partial charge in [0.05, 0.1) is 0 Å². The van der Waals surface area contributed by atoms with Gasteiger partial charge in [0.15, 0.2) is 0 Å². The van der Waals surface area contributed by atoms with Crippen LogP contribution in [0.2, 0.25) is 0 Å². The van der Waals surface area contributed by atoms with E-state index in [0.717, 1.165) is 5.75 Å². The molecule has 0 aliphatic heterocycles. The van der Waals surface area contributed by atoms with Gasteiger partial charge >= 0.3 is 0 Å². The van der Waals surface area contributed by atoms with Gasteiger partial charge in [-0.25, -0.2) is 0 Å². The third kappa shape index (κ3) is 3.47. The molecule has 0 atom stereocenters. The van der Waals surface area contributed by atoms with Gasteiger partial charge in [0.25, 0.3) is 0 Å².